The van der Waals surface area contributed by atoms with E-state index in [1.807, 2.05) is 5.32 Å². The van der Waals surface area contributed by atoms with Crippen LogP contribution in [0.5, 0.6) is 0 Å². The van der Waals surface area contributed by atoms with E-state index in [0.717, 1.165) is 0 Å². The molecule has 0 aliphatic rings. The molecule has 0 radical (unpaired) electrons. The van der Waals surface area contributed by atoms with Gasteiger partial charge in [0.15, 0.2) is 5.54 Å². The normalized spacial score (nSPS) is 15.0. The molecule has 0 aliphatic heterocycles. The van der Waals surface area contributed by atoms with Crippen molar-refractivity contribution in [2.24, 2.45) is 5.73 Å². The lowest BCUT2D eigenvalue weighted by Gasteiger charge is -2.26. The minimum Gasteiger partial charge on any atom is -0.323 e. The molecular formula is C11H11F5N2OS. The van der Waals surface area contributed by atoms with Crippen molar-refractivity contribution in [2.45, 2.75) is 29.3 Å². The molecule has 3 N–H and O–H groups in total. The maximum atomic E-state index is 12.6. The Hall–Kier alpha value is -1.35. The van der Waals surface area contributed by atoms with Crippen LogP contribution in [0, 0.1) is 0 Å². The van der Waals surface area contributed by atoms with E-state index in [9.17, 15) is 26.7 Å². The fraction of sp³-hybridized carbons (Fsp3) is 0.364. The van der Waals surface area contributed by atoms with Crippen molar-refractivity contribution < 1.29 is 26.7 Å². The molecule has 1 rings (SSSR count). The van der Waals surface area contributed by atoms with Gasteiger partial charge in [-0.3, -0.25) is 4.79 Å². The summed E-state index contributed by atoms with van der Waals surface area (Å²) in [5.41, 5.74) is 1.68. The molecule has 3 nitrogen and oxygen atoms in total. The van der Waals surface area contributed by atoms with Crippen LogP contribution < -0.4 is 11.1 Å². The maximum absolute atomic E-state index is 12.6. The molecule has 0 bridgehead atoms. The van der Waals surface area contributed by atoms with E-state index in [2.05, 4.69) is 0 Å². The summed E-state index contributed by atoms with van der Waals surface area (Å²) in [4.78, 5) is 11.5. The van der Waals surface area contributed by atoms with Gasteiger partial charge in [0.05, 0.1) is 5.69 Å². The van der Waals surface area contributed by atoms with Crippen LogP contribution in [0.25, 0.3) is 0 Å². The summed E-state index contributed by atoms with van der Waals surface area (Å²) in [5.74, 6) is -4.28. The van der Waals surface area contributed by atoms with Crippen LogP contribution in [0.4, 0.5) is 27.6 Å². The third kappa shape index (κ3) is 3.83. The quantitative estimate of drug-likeness (QED) is 0.663. The molecule has 112 valence electrons. The van der Waals surface area contributed by atoms with Gasteiger partial charge in [-0.1, -0.05) is 23.9 Å². The number of rotatable bonds is 4. The minimum absolute atomic E-state index is 0.0474. The number of alkyl halides is 5. The predicted octanol–water partition coefficient (Wildman–Crippen LogP) is 3.22. The number of hydrogen-bond donors (Lipinski definition) is 2. The topological polar surface area (TPSA) is 55.1 Å². The van der Waals surface area contributed by atoms with Crippen LogP contribution >= 0.6 is 11.8 Å². The smallest absolute Gasteiger partial charge is 0.323 e. The molecular weight excluding hydrogens is 303 g/mol. The van der Waals surface area contributed by atoms with Crippen molar-refractivity contribution in [2.75, 3.05) is 5.32 Å². The highest BCUT2D eigenvalue weighted by molar-refractivity contribution is 7.99. The number of halogens is 5. The van der Waals surface area contributed by atoms with Crippen molar-refractivity contribution in [1.82, 2.24) is 0 Å². The molecule has 0 saturated carbocycles. The molecule has 1 unspecified atom stereocenters. The number of thioether (sulfide) groups is 1. The molecule has 0 aliphatic carbocycles. The lowest BCUT2D eigenvalue weighted by Crippen LogP contribution is -2.59. The van der Waals surface area contributed by atoms with Gasteiger partial charge in [0.1, 0.15) is 0 Å². The average molecular weight is 314 g/mol. The van der Waals surface area contributed by atoms with E-state index in [1.54, 1.807) is 0 Å². The van der Waals surface area contributed by atoms with E-state index in [-0.39, 0.29) is 22.3 Å². The van der Waals surface area contributed by atoms with Crippen LogP contribution in [0.15, 0.2) is 29.2 Å². The van der Waals surface area contributed by atoms with E-state index in [0.29, 0.717) is 6.92 Å². The number of nitrogens with one attached hydrogen (secondary N) is 1. The third-order valence-corrected chi connectivity index (χ3v) is 3.20. The van der Waals surface area contributed by atoms with Crippen molar-refractivity contribution in [1.29, 1.82) is 0 Å². The van der Waals surface area contributed by atoms with Gasteiger partial charge in [-0.2, -0.15) is 22.0 Å². The standard InChI is InChI=1S/C11H11F5N2OS/c1-10(17,11(14,15)16)8(19)18-6-4-2-3-5-7(6)20-9(12)13/h2-5,9H,17H2,1H3,(H,18,19). The zero-order chi connectivity index (χ0) is 15.6. The number of carbonyl (C=O) groups is 1. The van der Waals surface area contributed by atoms with Crippen LogP contribution in [0.2, 0.25) is 0 Å². The van der Waals surface area contributed by atoms with Gasteiger partial charge >= 0.3 is 6.18 Å². The molecule has 20 heavy (non-hydrogen) atoms. The Morgan fingerprint density at radius 1 is 1.30 bits per heavy atom. The molecule has 1 aromatic rings. The second-order valence-corrected chi connectivity index (χ2v) is 5.06. The van der Waals surface area contributed by atoms with Crippen molar-refractivity contribution in [3.63, 3.8) is 0 Å². The van der Waals surface area contributed by atoms with Gasteiger partial charge in [-0.15, -0.1) is 0 Å². The van der Waals surface area contributed by atoms with E-state index in [4.69, 9.17) is 5.73 Å². The van der Waals surface area contributed by atoms with Crippen molar-refractivity contribution in [3.8, 4) is 0 Å². The van der Waals surface area contributed by atoms with Gasteiger partial charge < -0.3 is 11.1 Å². The summed E-state index contributed by atoms with van der Waals surface area (Å²) < 4.78 is 62.4. The largest absolute Gasteiger partial charge is 0.415 e. The fourth-order valence-electron chi connectivity index (χ4n) is 1.15. The molecule has 0 heterocycles. The number of para-hydroxylation sites is 1. The van der Waals surface area contributed by atoms with E-state index in [1.165, 1.54) is 24.3 Å². The fourth-order valence-corrected chi connectivity index (χ4v) is 1.74. The SMILES string of the molecule is CC(N)(C(=O)Nc1ccccc1SC(F)F)C(F)(F)F. The Labute approximate surface area is 115 Å². The van der Waals surface area contributed by atoms with Crippen molar-refractivity contribution >= 4 is 23.4 Å². The second-order valence-electron chi connectivity index (χ2n) is 4.03. The summed E-state index contributed by atoms with van der Waals surface area (Å²) in [6.45, 7) is 0.505. The Morgan fingerprint density at radius 3 is 2.35 bits per heavy atom. The molecule has 1 aromatic carbocycles. The highest BCUT2D eigenvalue weighted by atomic mass is 32.2. The zero-order valence-corrected chi connectivity index (χ0v) is 11.0. The first-order chi connectivity index (χ1) is 9.05. The summed E-state index contributed by atoms with van der Waals surface area (Å²) >= 11 is 0.115. The predicted molar refractivity (Wildman–Crippen MR) is 65.6 cm³/mol. The van der Waals surface area contributed by atoms with Gasteiger partial charge in [-0.25, -0.2) is 0 Å². The zero-order valence-electron chi connectivity index (χ0n) is 10.2. The number of amides is 1. The van der Waals surface area contributed by atoms with E-state index < -0.39 is 23.4 Å². The summed E-state index contributed by atoms with van der Waals surface area (Å²) in [7, 11) is 0. The molecule has 0 fully saturated rings. The minimum atomic E-state index is -4.96. The Balaban J connectivity index is 2.97. The molecule has 0 spiro atoms. The number of carbonyl (C=O) groups excluding carboxylic acids is 1. The van der Waals surface area contributed by atoms with Gasteiger partial charge in [-0.05, 0) is 19.1 Å². The van der Waals surface area contributed by atoms with Crippen LogP contribution in [-0.4, -0.2) is 23.4 Å². The Morgan fingerprint density at radius 2 is 1.85 bits per heavy atom. The number of anilines is 1. The molecule has 1 atom stereocenters. The first-order valence-electron chi connectivity index (χ1n) is 5.26. The lowest BCUT2D eigenvalue weighted by atomic mass is 10.0. The number of nitrogens with two attached hydrogens (primary N) is 1. The molecule has 0 saturated heterocycles. The third-order valence-electron chi connectivity index (χ3n) is 2.41. The van der Waals surface area contributed by atoms with Crippen LogP contribution in [0.1, 0.15) is 6.92 Å². The van der Waals surface area contributed by atoms with Gasteiger partial charge in [0, 0.05) is 4.90 Å². The Kier molecular flexibility index (Phi) is 4.98. The highest BCUT2D eigenvalue weighted by Gasteiger charge is 2.54. The van der Waals surface area contributed by atoms with Gasteiger partial charge in [0.2, 0.25) is 0 Å². The first kappa shape index (κ1) is 16.7. The van der Waals surface area contributed by atoms with Gasteiger partial charge in [0.25, 0.3) is 11.7 Å². The van der Waals surface area contributed by atoms with Crippen molar-refractivity contribution in [3.05, 3.63) is 24.3 Å². The summed E-state index contributed by atoms with van der Waals surface area (Å²) in [6, 6.07) is 5.29. The molecule has 1 amide bonds. The summed E-state index contributed by atoms with van der Waals surface area (Å²) in [5, 5.41) is 1.92. The number of hydrogen-bond acceptors (Lipinski definition) is 3. The second kappa shape index (κ2) is 5.96. The molecule has 0 aromatic heterocycles. The monoisotopic (exact) mass is 314 g/mol. The van der Waals surface area contributed by atoms with Crippen LogP contribution in [-0.2, 0) is 4.79 Å². The average Bonchev–Trinajstić information content (AvgIpc) is 2.29. The van der Waals surface area contributed by atoms with E-state index >= 15 is 0 Å². The highest BCUT2D eigenvalue weighted by Crippen LogP contribution is 2.33. The van der Waals surface area contributed by atoms with Crippen LogP contribution in [0.3, 0.4) is 0 Å². The number of benzene rings is 1. The maximum Gasteiger partial charge on any atom is 0.415 e. The molecule has 9 heteroatoms. The summed E-state index contributed by atoms with van der Waals surface area (Å²) in [6.07, 6.45) is -4.96. The first-order valence-corrected chi connectivity index (χ1v) is 6.14. The Bertz CT molecular complexity index is 490. The lowest BCUT2D eigenvalue weighted by molar-refractivity contribution is -0.184.